The van der Waals surface area contributed by atoms with E-state index in [0.29, 0.717) is 0 Å². The molecule has 130 valence electrons. The Morgan fingerprint density at radius 1 is 1.36 bits per heavy atom. The zero-order valence-corrected chi connectivity index (χ0v) is 13.5. The van der Waals surface area contributed by atoms with Crippen LogP contribution in [-0.4, -0.2) is 24.7 Å². The Labute approximate surface area is 144 Å². The lowest BCUT2D eigenvalue weighted by Gasteiger charge is -2.09. The van der Waals surface area contributed by atoms with Crippen LogP contribution >= 0.6 is 23.1 Å². The average Bonchev–Trinajstić information content (AvgIpc) is 3.14. The first-order valence-electron chi connectivity index (χ1n) is 6.39. The Kier molecular flexibility index (Phi) is 4.34. The fourth-order valence-electron chi connectivity index (χ4n) is 1.86. The van der Waals surface area contributed by atoms with Crippen LogP contribution in [0.1, 0.15) is 5.56 Å². The van der Waals surface area contributed by atoms with E-state index in [4.69, 9.17) is 0 Å². The molecule has 2 aromatic heterocycles. The number of nitrogens with zero attached hydrogens (tertiary/aromatic N) is 4. The quantitative estimate of drug-likeness (QED) is 0.543. The number of nitrogens with one attached hydrogen (secondary N) is 1. The van der Waals surface area contributed by atoms with Gasteiger partial charge in [0.1, 0.15) is 6.20 Å². The molecule has 0 bridgehead atoms. The Hall–Kier alpha value is -2.67. The van der Waals surface area contributed by atoms with Crippen LogP contribution in [0.3, 0.4) is 0 Å². The number of aromatic amines is 1. The van der Waals surface area contributed by atoms with Crippen molar-refractivity contribution in [2.75, 3.05) is 0 Å². The zero-order chi connectivity index (χ0) is 18.2. The van der Waals surface area contributed by atoms with E-state index >= 15 is 0 Å². The summed E-state index contributed by atoms with van der Waals surface area (Å²) in [5.74, 6) is 0. The van der Waals surface area contributed by atoms with E-state index < -0.39 is 22.4 Å². The molecule has 0 fully saturated rings. The summed E-state index contributed by atoms with van der Waals surface area (Å²) in [6.07, 6.45) is -3.51. The molecule has 0 aliphatic rings. The third kappa shape index (κ3) is 3.56. The molecule has 0 radical (unpaired) electrons. The van der Waals surface area contributed by atoms with Crippen LogP contribution in [0.5, 0.6) is 0 Å². The molecule has 0 amide bonds. The summed E-state index contributed by atoms with van der Waals surface area (Å²) in [6.45, 7) is 0. The highest BCUT2D eigenvalue weighted by Crippen LogP contribution is 2.34. The molecule has 0 aliphatic heterocycles. The van der Waals surface area contributed by atoms with Crippen molar-refractivity contribution in [3.05, 3.63) is 56.6 Å². The second-order valence-electron chi connectivity index (χ2n) is 4.52. The summed E-state index contributed by atoms with van der Waals surface area (Å²) in [7, 11) is 0. The number of alkyl halides is 3. The maximum atomic E-state index is 12.8. The number of aromatic nitrogens is 4. The topological polar surface area (TPSA) is 107 Å². The summed E-state index contributed by atoms with van der Waals surface area (Å²) >= 11 is 1.58. The second kappa shape index (κ2) is 6.33. The second-order valence-corrected chi connectivity index (χ2v) is 6.74. The maximum absolute atomic E-state index is 12.8. The van der Waals surface area contributed by atoms with E-state index in [1.54, 1.807) is 0 Å². The minimum atomic E-state index is -4.56. The lowest BCUT2D eigenvalue weighted by atomic mass is 10.2. The van der Waals surface area contributed by atoms with Gasteiger partial charge in [-0.1, -0.05) is 6.07 Å². The standard InChI is InChI=1S/C12H6F3N5O3S2/c13-12(14,15)6-2-1-3-7(4-6)19-9(21)17-18-10(19)25-11-16-5-8(24-11)20(22)23/h1-5H,(H,17,21). The largest absolute Gasteiger partial charge is 0.416 e. The number of hydrogen-bond donors (Lipinski definition) is 1. The van der Waals surface area contributed by atoms with Crippen LogP contribution in [-0.2, 0) is 6.18 Å². The fourth-order valence-corrected chi connectivity index (χ4v) is 3.60. The summed E-state index contributed by atoms with van der Waals surface area (Å²) in [6, 6.07) is 4.18. The lowest BCUT2D eigenvalue weighted by molar-refractivity contribution is -0.380. The smallest absolute Gasteiger partial charge is 0.257 e. The zero-order valence-electron chi connectivity index (χ0n) is 11.9. The van der Waals surface area contributed by atoms with Crippen molar-refractivity contribution in [3.8, 4) is 5.69 Å². The molecule has 2 heterocycles. The minimum absolute atomic E-state index is 0.00794. The molecule has 13 heteroatoms. The third-order valence-corrected chi connectivity index (χ3v) is 4.88. The first-order chi connectivity index (χ1) is 11.8. The molecule has 1 N–H and O–H groups in total. The Morgan fingerprint density at radius 2 is 2.12 bits per heavy atom. The van der Waals surface area contributed by atoms with Gasteiger partial charge in [-0.05, 0) is 41.3 Å². The number of benzene rings is 1. The number of halogens is 3. The number of H-pyrrole nitrogens is 1. The molecule has 0 unspecified atom stereocenters. The van der Waals surface area contributed by atoms with Crippen molar-refractivity contribution in [3.63, 3.8) is 0 Å². The van der Waals surface area contributed by atoms with Crippen LogP contribution in [0.2, 0.25) is 0 Å². The van der Waals surface area contributed by atoms with Gasteiger partial charge in [-0.15, -0.1) is 5.10 Å². The fraction of sp³-hybridized carbons (Fsp3) is 0.0833. The van der Waals surface area contributed by atoms with Gasteiger partial charge in [0.25, 0.3) is 0 Å². The highest BCUT2D eigenvalue weighted by atomic mass is 32.2. The summed E-state index contributed by atoms with van der Waals surface area (Å²) in [5.41, 5.74) is -1.70. The van der Waals surface area contributed by atoms with Gasteiger partial charge in [0.2, 0.25) is 5.16 Å². The average molecular weight is 389 g/mol. The van der Waals surface area contributed by atoms with Gasteiger partial charge in [-0.2, -0.15) is 13.2 Å². The third-order valence-electron chi connectivity index (χ3n) is 2.90. The number of hydrogen-bond acceptors (Lipinski definition) is 7. The molecule has 3 aromatic rings. The molecule has 3 rings (SSSR count). The monoisotopic (exact) mass is 389 g/mol. The molecule has 8 nitrogen and oxygen atoms in total. The van der Waals surface area contributed by atoms with Crippen molar-refractivity contribution >= 4 is 28.1 Å². The molecule has 0 atom stereocenters. The van der Waals surface area contributed by atoms with Gasteiger partial charge < -0.3 is 0 Å². The van der Waals surface area contributed by atoms with Crippen LogP contribution in [0, 0.1) is 10.1 Å². The predicted molar refractivity (Wildman–Crippen MR) is 82.1 cm³/mol. The Morgan fingerprint density at radius 3 is 2.76 bits per heavy atom. The molecule has 0 aliphatic carbocycles. The van der Waals surface area contributed by atoms with E-state index in [0.717, 1.165) is 46.0 Å². The van der Waals surface area contributed by atoms with E-state index in [2.05, 4.69) is 15.2 Å². The maximum Gasteiger partial charge on any atom is 0.416 e. The van der Waals surface area contributed by atoms with Crippen LogP contribution in [0.15, 0.2) is 44.8 Å². The van der Waals surface area contributed by atoms with Crippen molar-refractivity contribution in [1.29, 1.82) is 0 Å². The van der Waals surface area contributed by atoms with Crippen LogP contribution in [0.25, 0.3) is 5.69 Å². The van der Waals surface area contributed by atoms with Gasteiger partial charge in [-0.3, -0.25) is 10.1 Å². The van der Waals surface area contributed by atoms with Crippen molar-refractivity contribution in [1.82, 2.24) is 19.7 Å². The lowest BCUT2D eigenvalue weighted by Crippen LogP contribution is -2.16. The van der Waals surface area contributed by atoms with Crippen molar-refractivity contribution < 1.29 is 18.1 Å². The Bertz CT molecular complexity index is 994. The van der Waals surface area contributed by atoms with Crippen LogP contribution < -0.4 is 5.69 Å². The van der Waals surface area contributed by atoms with Crippen LogP contribution in [0.4, 0.5) is 18.2 Å². The molecule has 0 saturated carbocycles. The molecule has 1 aromatic carbocycles. The van der Waals surface area contributed by atoms with E-state index in [1.165, 1.54) is 12.1 Å². The van der Waals surface area contributed by atoms with Gasteiger partial charge in [0, 0.05) is 0 Å². The Balaban J connectivity index is 2.00. The first-order valence-corrected chi connectivity index (χ1v) is 8.02. The van der Waals surface area contributed by atoms with Gasteiger partial charge in [-0.25, -0.2) is 19.4 Å². The molecule has 0 saturated heterocycles. The van der Waals surface area contributed by atoms with E-state index in [-0.39, 0.29) is 20.2 Å². The van der Waals surface area contributed by atoms with E-state index in [9.17, 15) is 28.1 Å². The number of rotatable bonds is 4. The van der Waals surface area contributed by atoms with Crippen molar-refractivity contribution in [2.45, 2.75) is 15.7 Å². The molecule has 25 heavy (non-hydrogen) atoms. The number of thiazole rings is 1. The summed E-state index contributed by atoms with van der Waals surface area (Å²) in [5, 5.41) is 16.4. The molecule has 0 spiro atoms. The molecular formula is C12H6F3N5O3S2. The van der Waals surface area contributed by atoms with Gasteiger partial charge >= 0.3 is 16.9 Å². The number of nitro groups is 1. The first kappa shape index (κ1) is 17.2. The normalized spacial score (nSPS) is 11.6. The SMILES string of the molecule is O=c1[nH]nc(Sc2ncc([N+](=O)[O-])s2)n1-c1cccc(C(F)(F)F)c1. The van der Waals surface area contributed by atoms with Gasteiger partial charge in [0.15, 0.2) is 4.34 Å². The van der Waals surface area contributed by atoms with Gasteiger partial charge in [0.05, 0.1) is 16.2 Å². The van der Waals surface area contributed by atoms with E-state index in [1.807, 2.05) is 0 Å². The summed E-state index contributed by atoms with van der Waals surface area (Å²) < 4.78 is 39.7. The molecular weight excluding hydrogens is 383 g/mol. The predicted octanol–water partition coefficient (Wildman–Crippen LogP) is 3.10. The van der Waals surface area contributed by atoms with Crippen molar-refractivity contribution in [2.24, 2.45) is 0 Å². The minimum Gasteiger partial charge on any atom is -0.257 e. The highest BCUT2D eigenvalue weighted by molar-refractivity contribution is 8.00. The highest BCUT2D eigenvalue weighted by Gasteiger charge is 2.31. The summed E-state index contributed by atoms with van der Waals surface area (Å²) in [4.78, 5) is 25.8.